The first kappa shape index (κ1) is 32.9. The molecular formula is C47H42N4OSi. The van der Waals surface area contributed by atoms with Gasteiger partial charge in [-0.25, -0.2) is 10.0 Å². The number of aromatic nitrogens is 2. The van der Waals surface area contributed by atoms with E-state index >= 15 is 0 Å². The highest BCUT2D eigenvalue weighted by Gasteiger charge is 2.42. The van der Waals surface area contributed by atoms with Crippen LogP contribution in [0.5, 0.6) is 0 Å². The van der Waals surface area contributed by atoms with Gasteiger partial charge in [0.15, 0.2) is 8.07 Å². The number of fused-ring (bicyclic) bond motifs is 4. The Kier molecular flexibility index (Phi) is 8.22. The van der Waals surface area contributed by atoms with Gasteiger partial charge in [0.2, 0.25) is 0 Å². The minimum atomic E-state index is -2.96. The topological polar surface area (TPSA) is 33.5 Å². The average molecular weight is 707 g/mol. The maximum Gasteiger partial charge on any atom is 0.179 e. The highest BCUT2D eigenvalue weighted by atomic mass is 28.3. The van der Waals surface area contributed by atoms with Crippen molar-refractivity contribution in [1.29, 1.82) is 0 Å². The largest absolute Gasteiger partial charge is 0.294 e. The monoisotopic (exact) mass is 706 g/mol. The quantitative estimate of drug-likeness (QED) is 0.117. The van der Waals surface area contributed by atoms with Gasteiger partial charge in [0, 0.05) is 17.0 Å². The van der Waals surface area contributed by atoms with Gasteiger partial charge in [0.1, 0.15) is 5.82 Å². The van der Waals surface area contributed by atoms with Crippen LogP contribution in [0.4, 0.5) is 17.1 Å². The van der Waals surface area contributed by atoms with Gasteiger partial charge < -0.3 is 0 Å². The van der Waals surface area contributed by atoms with E-state index in [0.29, 0.717) is 5.92 Å². The highest BCUT2D eigenvalue weighted by Crippen LogP contribution is 2.42. The fraction of sp³-hybridized carbons (Fsp3) is 0.128. The molecule has 0 N–H and O–H groups in total. The Morgan fingerprint density at radius 1 is 0.528 bits per heavy atom. The summed E-state index contributed by atoms with van der Waals surface area (Å²) >= 11 is 0. The van der Waals surface area contributed by atoms with Crippen molar-refractivity contribution < 1.29 is 4.94 Å². The zero-order valence-corrected chi connectivity index (χ0v) is 31.5. The maximum absolute atomic E-state index is 6.62. The van der Waals surface area contributed by atoms with Gasteiger partial charge in [-0.05, 0) is 94.6 Å². The Bertz CT molecular complexity index is 2540. The van der Waals surface area contributed by atoms with Crippen LogP contribution >= 0.6 is 0 Å². The predicted molar refractivity (Wildman–Crippen MR) is 224 cm³/mol. The molecular weight excluding hydrogens is 665 g/mol. The molecule has 0 atom stereocenters. The van der Waals surface area contributed by atoms with Crippen LogP contribution in [0.1, 0.15) is 39.2 Å². The van der Waals surface area contributed by atoms with Crippen molar-refractivity contribution in [2.45, 2.75) is 39.7 Å². The number of benzene rings is 6. The Balaban J connectivity index is 1.33. The first-order chi connectivity index (χ1) is 25.9. The van der Waals surface area contributed by atoms with Crippen LogP contribution in [0.15, 0.2) is 170 Å². The van der Waals surface area contributed by atoms with E-state index in [1.165, 1.54) is 37.1 Å². The predicted octanol–water partition coefficient (Wildman–Crippen LogP) is 8.89. The summed E-state index contributed by atoms with van der Waals surface area (Å²) in [5.41, 5.74) is 6.67. The number of rotatable bonds is 8. The molecule has 6 heteroatoms. The van der Waals surface area contributed by atoms with Gasteiger partial charge in [-0.15, -0.1) is 4.94 Å². The normalized spacial score (nSPS) is 13.1. The van der Waals surface area contributed by atoms with E-state index in [0.717, 1.165) is 33.9 Å². The Labute approximate surface area is 312 Å². The van der Waals surface area contributed by atoms with Gasteiger partial charge in [0.05, 0.1) is 34.1 Å². The molecule has 53 heavy (non-hydrogen) atoms. The number of para-hydroxylation sites is 3. The Hall–Kier alpha value is -5.95. The molecule has 260 valence electrons. The van der Waals surface area contributed by atoms with E-state index in [4.69, 9.17) is 9.92 Å². The van der Waals surface area contributed by atoms with Crippen molar-refractivity contribution in [2.75, 3.05) is 10.1 Å². The lowest BCUT2D eigenvalue weighted by Crippen LogP contribution is -2.74. The molecule has 3 heterocycles. The average Bonchev–Trinajstić information content (AvgIpc) is 3.76. The number of hydrogen-bond acceptors (Lipinski definition) is 4. The molecule has 5 nitrogen and oxygen atoms in total. The molecule has 0 aliphatic carbocycles. The molecule has 0 saturated heterocycles. The van der Waals surface area contributed by atoms with Crippen LogP contribution in [0.25, 0.3) is 27.6 Å². The van der Waals surface area contributed by atoms with Crippen LogP contribution in [-0.4, -0.2) is 23.7 Å². The molecule has 6 aromatic carbocycles. The van der Waals surface area contributed by atoms with Crippen molar-refractivity contribution >= 4 is 67.7 Å². The second-order valence-electron chi connectivity index (χ2n) is 14.5. The van der Waals surface area contributed by atoms with Gasteiger partial charge in [0.25, 0.3) is 0 Å². The third kappa shape index (κ3) is 5.36. The second kappa shape index (κ2) is 13.2. The molecule has 1 aliphatic heterocycles. The molecule has 1 aliphatic rings. The highest BCUT2D eigenvalue weighted by molar-refractivity contribution is 7.20. The SMILES string of the molecule is CC(C)c1ccnc(-n2c3ccccc3c3ccc([Si](c4ccccc4)(c4ccccc4)c4cccc(N5ON(C(C)C)c6ccccc65)c4)cc32)c1. The van der Waals surface area contributed by atoms with Crippen LogP contribution in [-0.2, 0) is 4.94 Å². The first-order valence-electron chi connectivity index (χ1n) is 18.5. The zero-order valence-electron chi connectivity index (χ0n) is 30.5. The Morgan fingerprint density at radius 3 is 1.87 bits per heavy atom. The Morgan fingerprint density at radius 2 is 1.15 bits per heavy atom. The molecule has 0 bridgehead atoms. The van der Waals surface area contributed by atoms with Crippen molar-refractivity contribution in [3.8, 4) is 5.82 Å². The second-order valence-corrected chi connectivity index (χ2v) is 18.3. The van der Waals surface area contributed by atoms with Crippen LogP contribution in [0.3, 0.4) is 0 Å². The van der Waals surface area contributed by atoms with Gasteiger partial charge in [-0.2, -0.15) is 5.06 Å². The summed E-state index contributed by atoms with van der Waals surface area (Å²) in [4.78, 5) is 11.6. The molecule has 0 unspecified atom stereocenters. The fourth-order valence-electron chi connectivity index (χ4n) is 8.16. The number of pyridine rings is 1. The number of hydrogen-bond donors (Lipinski definition) is 0. The lowest BCUT2D eigenvalue weighted by molar-refractivity contribution is 0.113. The van der Waals surface area contributed by atoms with Crippen LogP contribution in [0, 0.1) is 0 Å². The molecule has 0 amide bonds. The molecule has 0 saturated carbocycles. The minimum Gasteiger partial charge on any atom is -0.294 e. The summed E-state index contributed by atoms with van der Waals surface area (Å²) in [6.07, 6.45) is 1.95. The van der Waals surface area contributed by atoms with Crippen molar-refractivity contribution in [1.82, 2.24) is 9.55 Å². The molecule has 0 radical (unpaired) electrons. The smallest absolute Gasteiger partial charge is 0.179 e. The number of hydroxylamine groups is 1. The summed E-state index contributed by atoms with van der Waals surface area (Å²) in [5.74, 6) is 1.33. The van der Waals surface area contributed by atoms with E-state index < -0.39 is 8.07 Å². The van der Waals surface area contributed by atoms with Crippen molar-refractivity contribution in [2.24, 2.45) is 0 Å². The van der Waals surface area contributed by atoms with E-state index in [1.54, 1.807) is 0 Å². The first-order valence-corrected chi connectivity index (χ1v) is 20.5. The minimum absolute atomic E-state index is 0.167. The number of anilines is 3. The molecule has 0 spiro atoms. The maximum atomic E-state index is 6.62. The molecule has 8 aromatic rings. The summed E-state index contributed by atoms with van der Waals surface area (Å²) in [5, 5.41) is 11.6. The standard InChI is InChI=1S/C47H42N4OSi/c1-33(2)35-28-29-48-47(30-35)49-43-23-12-11-22-41(43)42-27-26-40(32-46(42)49)53(37-17-7-5-8-18-37,38-19-9-6-10-20-38)39-21-15-16-36(31-39)51-45-25-14-13-24-44(45)50(52-51)34(3)4/h5-34H,1-4H3. The van der Waals surface area contributed by atoms with E-state index in [9.17, 15) is 0 Å². The molecule has 9 rings (SSSR count). The summed E-state index contributed by atoms with van der Waals surface area (Å²) < 4.78 is 2.36. The lowest BCUT2D eigenvalue weighted by Gasteiger charge is -2.35. The third-order valence-corrected chi connectivity index (χ3v) is 15.4. The van der Waals surface area contributed by atoms with E-state index in [-0.39, 0.29) is 6.04 Å². The van der Waals surface area contributed by atoms with Gasteiger partial charge in [-0.3, -0.25) is 4.57 Å². The van der Waals surface area contributed by atoms with Gasteiger partial charge in [-0.1, -0.05) is 129 Å². The summed E-state index contributed by atoms with van der Waals surface area (Å²) in [7, 11) is -2.96. The molecule has 0 fully saturated rings. The third-order valence-electron chi connectivity index (χ3n) is 10.7. The van der Waals surface area contributed by atoms with Gasteiger partial charge >= 0.3 is 0 Å². The van der Waals surface area contributed by atoms with E-state index in [2.05, 4.69) is 196 Å². The van der Waals surface area contributed by atoms with Crippen LogP contribution < -0.4 is 30.9 Å². The summed E-state index contributed by atoms with van der Waals surface area (Å²) in [6, 6.07) is 60.2. The number of nitrogens with zero attached hydrogens (tertiary/aromatic N) is 4. The zero-order chi connectivity index (χ0) is 36.1. The fourth-order valence-corrected chi connectivity index (χ4v) is 12.9. The van der Waals surface area contributed by atoms with E-state index in [1.807, 2.05) is 16.3 Å². The van der Waals surface area contributed by atoms with Crippen molar-refractivity contribution in [3.63, 3.8) is 0 Å². The van der Waals surface area contributed by atoms with Crippen LogP contribution in [0.2, 0.25) is 0 Å². The molecule has 2 aromatic heterocycles. The lowest BCUT2D eigenvalue weighted by atomic mass is 10.1. The van der Waals surface area contributed by atoms with Crippen molar-refractivity contribution in [3.05, 3.63) is 176 Å². The summed E-state index contributed by atoms with van der Waals surface area (Å²) in [6.45, 7) is 8.79.